The Hall–Kier alpha value is 0.270. The minimum Gasteiger partial charge on any atom is -0.375 e. The van der Waals surface area contributed by atoms with Crippen molar-refractivity contribution < 1.29 is 4.74 Å². The van der Waals surface area contributed by atoms with E-state index in [0.29, 0.717) is 6.04 Å². The van der Waals surface area contributed by atoms with E-state index in [-0.39, 0.29) is 5.60 Å². The fourth-order valence-corrected chi connectivity index (χ4v) is 4.12. The molecule has 2 atom stereocenters. The van der Waals surface area contributed by atoms with Gasteiger partial charge in [-0.25, -0.2) is 0 Å². The topological polar surface area (TPSA) is 21.3 Å². The van der Waals surface area contributed by atoms with Gasteiger partial charge in [0.2, 0.25) is 0 Å². The minimum atomic E-state index is 0.224. The number of nitrogens with one attached hydrogen (secondary N) is 1. The molecule has 0 radical (unpaired) electrons. The summed E-state index contributed by atoms with van der Waals surface area (Å²) in [5.74, 6) is 4.12. The molecule has 0 bridgehead atoms. The zero-order chi connectivity index (χ0) is 13.0. The Bertz CT molecular complexity index is 245. The molecule has 0 saturated carbocycles. The van der Waals surface area contributed by atoms with Crippen molar-refractivity contribution in [2.24, 2.45) is 11.8 Å². The second-order valence-corrected chi connectivity index (χ2v) is 7.69. The first kappa shape index (κ1) is 14.7. The third-order valence-corrected chi connectivity index (χ3v) is 5.75. The molecule has 2 saturated heterocycles. The fourth-order valence-electron chi connectivity index (χ4n) is 2.88. The Morgan fingerprint density at radius 1 is 1.28 bits per heavy atom. The van der Waals surface area contributed by atoms with E-state index in [1.54, 1.807) is 0 Å². The molecule has 1 N–H and O–H groups in total. The van der Waals surface area contributed by atoms with E-state index in [1.165, 1.54) is 37.2 Å². The minimum absolute atomic E-state index is 0.224. The average Bonchev–Trinajstić information content (AvgIpc) is 2.37. The van der Waals surface area contributed by atoms with Gasteiger partial charge in [0.05, 0.1) is 5.60 Å². The van der Waals surface area contributed by atoms with Gasteiger partial charge in [0.1, 0.15) is 0 Å². The van der Waals surface area contributed by atoms with Crippen molar-refractivity contribution in [2.75, 3.05) is 24.7 Å². The van der Waals surface area contributed by atoms with Crippen LogP contribution >= 0.6 is 11.8 Å². The molecule has 0 aromatic heterocycles. The van der Waals surface area contributed by atoms with Crippen LogP contribution in [0.4, 0.5) is 0 Å². The van der Waals surface area contributed by atoms with Crippen LogP contribution in [0, 0.1) is 11.8 Å². The van der Waals surface area contributed by atoms with Gasteiger partial charge in [-0.05, 0) is 55.6 Å². The molecule has 0 aromatic carbocycles. The Kier molecular flexibility index (Phi) is 5.40. The number of hydrogen-bond acceptors (Lipinski definition) is 3. The summed E-state index contributed by atoms with van der Waals surface area (Å²) in [6.07, 6.45) is 4.95. The second kappa shape index (κ2) is 6.62. The molecular formula is C15H29NOS. The molecule has 3 heteroatoms. The zero-order valence-electron chi connectivity index (χ0n) is 12.2. The first-order valence-corrected chi connectivity index (χ1v) is 8.72. The van der Waals surface area contributed by atoms with Crippen LogP contribution in [0.25, 0.3) is 0 Å². The van der Waals surface area contributed by atoms with Crippen molar-refractivity contribution in [3.63, 3.8) is 0 Å². The lowest BCUT2D eigenvalue weighted by atomic mass is 9.85. The van der Waals surface area contributed by atoms with E-state index >= 15 is 0 Å². The molecule has 1 spiro atoms. The Morgan fingerprint density at radius 3 is 2.67 bits per heavy atom. The summed E-state index contributed by atoms with van der Waals surface area (Å²) in [6, 6.07) is 0.683. The number of thioether (sulfide) groups is 1. The largest absolute Gasteiger partial charge is 0.375 e. The van der Waals surface area contributed by atoms with E-state index in [2.05, 4.69) is 37.8 Å². The molecule has 0 amide bonds. The quantitative estimate of drug-likeness (QED) is 0.847. The molecule has 2 aliphatic heterocycles. The van der Waals surface area contributed by atoms with E-state index in [1.807, 2.05) is 0 Å². The van der Waals surface area contributed by atoms with E-state index in [4.69, 9.17) is 4.74 Å². The highest BCUT2D eigenvalue weighted by Crippen LogP contribution is 2.37. The van der Waals surface area contributed by atoms with Gasteiger partial charge in [0.25, 0.3) is 0 Å². The molecule has 2 nitrogen and oxygen atoms in total. The van der Waals surface area contributed by atoms with E-state index in [0.717, 1.165) is 25.0 Å². The summed E-state index contributed by atoms with van der Waals surface area (Å²) in [5, 5.41) is 3.79. The van der Waals surface area contributed by atoms with Crippen molar-refractivity contribution in [3.8, 4) is 0 Å². The molecule has 2 fully saturated rings. The van der Waals surface area contributed by atoms with E-state index < -0.39 is 0 Å². The molecule has 2 aliphatic rings. The third kappa shape index (κ3) is 3.88. The van der Waals surface area contributed by atoms with Gasteiger partial charge in [0.15, 0.2) is 0 Å². The van der Waals surface area contributed by atoms with Crippen LogP contribution in [0.3, 0.4) is 0 Å². The highest BCUT2D eigenvalue weighted by molar-refractivity contribution is 7.99. The summed E-state index contributed by atoms with van der Waals surface area (Å²) in [5.41, 5.74) is 0.224. The van der Waals surface area contributed by atoms with Crippen LogP contribution in [0.1, 0.15) is 46.5 Å². The van der Waals surface area contributed by atoms with Crippen molar-refractivity contribution in [3.05, 3.63) is 0 Å². The lowest BCUT2D eigenvalue weighted by Gasteiger charge is -2.43. The van der Waals surface area contributed by atoms with Crippen LogP contribution in [0.15, 0.2) is 0 Å². The SMILES string of the molecule is CC(C)C(C)CNC1CCOC2(CCSCC2)C1. The zero-order valence-corrected chi connectivity index (χ0v) is 13.0. The second-order valence-electron chi connectivity index (χ2n) is 6.46. The molecule has 2 rings (SSSR count). The number of hydrogen-bond donors (Lipinski definition) is 1. The van der Waals surface area contributed by atoms with Crippen molar-refractivity contribution in [2.45, 2.75) is 58.1 Å². The molecule has 0 aromatic rings. The van der Waals surface area contributed by atoms with E-state index in [9.17, 15) is 0 Å². The molecule has 18 heavy (non-hydrogen) atoms. The molecular weight excluding hydrogens is 242 g/mol. The number of ether oxygens (including phenoxy) is 1. The monoisotopic (exact) mass is 271 g/mol. The maximum absolute atomic E-state index is 6.14. The van der Waals surface area contributed by atoms with Gasteiger partial charge in [-0.1, -0.05) is 20.8 Å². The van der Waals surface area contributed by atoms with Gasteiger partial charge < -0.3 is 10.1 Å². The summed E-state index contributed by atoms with van der Waals surface area (Å²) in [6.45, 7) is 9.10. The summed E-state index contributed by atoms with van der Waals surface area (Å²) in [7, 11) is 0. The van der Waals surface area contributed by atoms with Crippen molar-refractivity contribution in [1.29, 1.82) is 0 Å². The van der Waals surface area contributed by atoms with Crippen LogP contribution in [-0.4, -0.2) is 36.3 Å². The van der Waals surface area contributed by atoms with Crippen LogP contribution in [-0.2, 0) is 4.74 Å². The Balaban J connectivity index is 1.79. The van der Waals surface area contributed by atoms with Gasteiger partial charge in [-0.15, -0.1) is 0 Å². The first-order chi connectivity index (χ1) is 8.61. The van der Waals surface area contributed by atoms with Crippen LogP contribution < -0.4 is 5.32 Å². The van der Waals surface area contributed by atoms with Crippen molar-refractivity contribution in [1.82, 2.24) is 5.32 Å². The van der Waals surface area contributed by atoms with Gasteiger partial charge in [-0.3, -0.25) is 0 Å². The van der Waals surface area contributed by atoms with Gasteiger partial charge >= 0.3 is 0 Å². The lowest BCUT2D eigenvalue weighted by molar-refractivity contribution is -0.0934. The van der Waals surface area contributed by atoms with Crippen LogP contribution in [0.5, 0.6) is 0 Å². The lowest BCUT2D eigenvalue weighted by Crippen LogP contribution is -2.49. The van der Waals surface area contributed by atoms with Crippen molar-refractivity contribution >= 4 is 11.8 Å². The van der Waals surface area contributed by atoms with Crippen LogP contribution in [0.2, 0.25) is 0 Å². The normalized spacial score (nSPS) is 29.7. The molecule has 2 heterocycles. The smallest absolute Gasteiger partial charge is 0.0713 e. The average molecular weight is 271 g/mol. The third-order valence-electron chi connectivity index (χ3n) is 4.76. The molecule has 0 aliphatic carbocycles. The summed E-state index contributed by atoms with van der Waals surface area (Å²) in [4.78, 5) is 0. The standard InChI is InChI=1S/C15H29NOS/c1-12(2)13(3)11-16-14-4-7-17-15(10-14)5-8-18-9-6-15/h12-14,16H,4-11H2,1-3H3. The Morgan fingerprint density at radius 2 is 2.00 bits per heavy atom. The fraction of sp³-hybridized carbons (Fsp3) is 1.00. The summed E-state index contributed by atoms with van der Waals surface area (Å²) < 4.78 is 6.14. The Labute approximate surface area is 117 Å². The molecule has 106 valence electrons. The highest BCUT2D eigenvalue weighted by Gasteiger charge is 2.38. The predicted octanol–water partition coefficient (Wildman–Crippen LogP) is 3.31. The maximum Gasteiger partial charge on any atom is 0.0713 e. The first-order valence-electron chi connectivity index (χ1n) is 7.56. The predicted molar refractivity (Wildman–Crippen MR) is 80.3 cm³/mol. The van der Waals surface area contributed by atoms with Gasteiger partial charge in [0, 0.05) is 12.6 Å². The number of rotatable bonds is 4. The maximum atomic E-state index is 6.14. The van der Waals surface area contributed by atoms with Gasteiger partial charge in [-0.2, -0.15) is 11.8 Å². The molecule has 2 unspecified atom stereocenters. The highest BCUT2D eigenvalue weighted by atomic mass is 32.2. The summed E-state index contributed by atoms with van der Waals surface area (Å²) >= 11 is 2.09.